The van der Waals surface area contributed by atoms with Crippen LogP contribution in [0.1, 0.15) is 29.9 Å². The van der Waals surface area contributed by atoms with E-state index in [9.17, 15) is 4.79 Å². The Morgan fingerprint density at radius 1 is 1.62 bits per heavy atom. The van der Waals surface area contributed by atoms with Gasteiger partial charge >= 0.3 is 5.95 Å². The van der Waals surface area contributed by atoms with E-state index < -0.39 is 5.54 Å². The van der Waals surface area contributed by atoms with Crippen molar-refractivity contribution >= 4 is 5.91 Å². The van der Waals surface area contributed by atoms with Gasteiger partial charge in [-0.05, 0) is 20.8 Å². The summed E-state index contributed by atoms with van der Waals surface area (Å²) in [6.45, 7) is 5.71. The average molecular weight is 227 g/mol. The highest BCUT2D eigenvalue weighted by molar-refractivity contribution is 5.93. The van der Waals surface area contributed by atoms with E-state index in [1.54, 1.807) is 6.92 Å². The van der Waals surface area contributed by atoms with Crippen molar-refractivity contribution in [2.24, 2.45) is 5.73 Å². The molecule has 0 spiro atoms. The predicted molar refractivity (Wildman–Crippen MR) is 58.4 cm³/mol. The first-order valence-electron chi connectivity index (χ1n) is 4.92. The van der Waals surface area contributed by atoms with Gasteiger partial charge in [0.1, 0.15) is 0 Å². The van der Waals surface area contributed by atoms with Gasteiger partial charge in [0.25, 0.3) is 5.91 Å². The monoisotopic (exact) mass is 227 g/mol. The van der Waals surface area contributed by atoms with Gasteiger partial charge in [-0.15, -0.1) is 0 Å². The molecule has 0 aliphatic heterocycles. The largest absolute Gasteiger partial charge is 0.467 e. The Labute approximate surface area is 94.1 Å². The highest BCUT2D eigenvalue weighted by Gasteiger charge is 2.20. The molecule has 1 rings (SSSR count). The van der Waals surface area contributed by atoms with Crippen LogP contribution in [0.15, 0.2) is 4.52 Å². The van der Waals surface area contributed by atoms with E-state index in [0.717, 1.165) is 0 Å². The zero-order valence-electron chi connectivity index (χ0n) is 9.96. The van der Waals surface area contributed by atoms with Crippen molar-refractivity contribution in [3.63, 3.8) is 0 Å². The average Bonchev–Trinajstić information content (AvgIpc) is 2.55. The van der Waals surface area contributed by atoms with Crippen LogP contribution in [0.5, 0.6) is 5.95 Å². The van der Waals surface area contributed by atoms with Crippen molar-refractivity contribution in [1.29, 1.82) is 0 Å². The number of carbonyl (C=O) groups excluding carboxylic acids is 1. The molecule has 3 N–H and O–H groups in total. The van der Waals surface area contributed by atoms with Crippen molar-refractivity contribution in [1.82, 2.24) is 10.5 Å². The second-order valence-electron chi connectivity index (χ2n) is 4.32. The van der Waals surface area contributed by atoms with Crippen LogP contribution in [-0.4, -0.2) is 30.3 Å². The smallest absolute Gasteiger partial charge is 0.314 e. The zero-order chi connectivity index (χ0) is 12.3. The van der Waals surface area contributed by atoms with Gasteiger partial charge in [0.2, 0.25) is 0 Å². The molecule has 6 heteroatoms. The molecule has 6 nitrogen and oxygen atoms in total. The van der Waals surface area contributed by atoms with E-state index >= 15 is 0 Å². The highest BCUT2D eigenvalue weighted by atomic mass is 16.6. The van der Waals surface area contributed by atoms with Crippen LogP contribution in [0.2, 0.25) is 0 Å². The lowest BCUT2D eigenvalue weighted by atomic mass is 10.1. The van der Waals surface area contributed by atoms with Crippen LogP contribution < -0.4 is 15.8 Å². The number of hydrogen-bond donors (Lipinski definition) is 2. The summed E-state index contributed by atoms with van der Waals surface area (Å²) in [5, 5.41) is 6.31. The van der Waals surface area contributed by atoms with Crippen molar-refractivity contribution in [2.45, 2.75) is 26.3 Å². The molecule has 1 heterocycles. The van der Waals surface area contributed by atoms with E-state index in [0.29, 0.717) is 12.1 Å². The third-order valence-corrected chi connectivity index (χ3v) is 1.99. The molecule has 0 aliphatic carbocycles. The maximum atomic E-state index is 11.7. The highest BCUT2D eigenvalue weighted by Crippen LogP contribution is 2.20. The standard InChI is InChI=1S/C10H17N3O3/c1-6-7(13-16-9(6)15-4)8(14)12-5-10(2,3)11/h5,11H2,1-4H3,(H,12,14). The van der Waals surface area contributed by atoms with Gasteiger partial charge in [-0.1, -0.05) is 5.16 Å². The van der Waals surface area contributed by atoms with E-state index in [2.05, 4.69) is 10.5 Å². The first-order chi connectivity index (χ1) is 7.35. The van der Waals surface area contributed by atoms with Crippen molar-refractivity contribution in [3.05, 3.63) is 11.3 Å². The molecule has 0 saturated heterocycles. The van der Waals surface area contributed by atoms with Gasteiger partial charge in [-0.3, -0.25) is 4.79 Å². The van der Waals surface area contributed by atoms with Gasteiger partial charge in [0.15, 0.2) is 5.69 Å². The Morgan fingerprint density at radius 2 is 2.25 bits per heavy atom. The van der Waals surface area contributed by atoms with Crippen molar-refractivity contribution < 1.29 is 14.1 Å². The minimum absolute atomic E-state index is 0.223. The molecule has 16 heavy (non-hydrogen) atoms. The molecule has 1 aromatic heterocycles. The Balaban J connectivity index is 2.70. The van der Waals surface area contributed by atoms with Gasteiger partial charge in [-0.25, -0.2) is 0 Å². The third kappa shape index (κ3) is 2.96. The molecule has 0 aromatic carbocycles. The number of nitrogens with one attached hydrogen (secondary N) is 1. The molecule has 0 fully saturated rings. The molecule has 0 radical (unpaired) electrons. The number of nitrogens with two attached hydrogens (primary N) is 1. The van der Waals surface area contributed by atoms with Crippen molar-refractivity contribution in [2.75, 3.05) is 13.7 Å². The molecular weight excluding hydrogens is 210 g/mol. The topological polar surface area (TPSA) is 90.4 Å². The molecule has 0 unspecified atom stereocenters. The number of carbonyl (C=O) groups is 1. The lowest BCUT2D eigenvalue weighted by Crippen LogP contribution is -2.45. The Bertz CT molecular complexity index is 379. The summed E-state index contributed by atoms with van der Waals surface area (Å²) in [7, 11) is 1.46. The minimum atomic E-state index is -0.461. The molecule has 90 valence electrons. The number of amides is 1. The molecule has 0 aliphatic rings. The van der Waals surface area contributed by atoms with E-state index in [4.69, 9.17) is 15.0 Å². The fourth-order valence-corrected chi connectivity index (χ4v) is 1.11. The molecule has 0 saturated carbocycles. The lowest BCUT2D eigenvalue weighted by Gasteiger charge is -2.18. The lowest BCUT2D eigenvalue weighted by molar-refractivity contribution is 0.0936. The Kier molecular flexibility index (Phi) is 3.54. The first-order valence-corrected chi connectivity index (χ1v) is 4.92. The van der Waals surface area contributed by atoms with Crippen LogP contribution in [0.25, 0.3) is 0 Å². The number of rotatable bonds is 4. The molecule has 1 aromatic rings. The number of hydrogen-bond acceptors (Lipinski definition) is 5. The second-order valence-corrected chi connectivity index (χ2v) is 4.32. The maximum absolute atomic E-state index is 11.7. The molecule has 0 bridgehead atoms. The van der Waals surface area contributed by atoms with Crippen molar-refractivity contribution in [3.8, 4) is 5.95 Å². The number of aromatic nitrogens is 1. The predicted octanol–water partition coefficient (Wildman–Crippen LogP) is 0.459. The fraction of sp³-hybridized carbons (Fsp3) is 0.600. The summed E-state index contributed by atoms with van der Waals surface area (Å²) >= 11 is 0. The molecular formula is C10H17N3O3. The minimum Gasteiger partial charge on any atom is -0.467 e. The van der Waals surface area contributed by atoms with Gasteiger partial charge < -0.3 is 20.3 Å². The summed E-state index contributed by atoms with van der Waals surface area (Å²) in [6, 6.07) is 0. The van der Waals surface area contributed by atoms with E-state index in [1.165, 1.54) is 7.11 Å². The quantitative estimate of drug-likeness (QED) is 0.779. The first kappa shape index (κ1) is 12.5. The summed E-state index contributed by atoms with van der Waals surface area (Å²) in [5.74, 6) is -0.0692. The number of methoxy groups -OCH3 is 1. The van der Waals surface area contributed by atoms with E-state index in [1.807, 2.05) is 13.8 Å². The van der Waals surface area contributed by atoms with Crippen LogP contribution in [0, 0.1) is 6.92 Å². The number of ether oxygens (including phenoxy) is 1. The SMILES string of the molecule is COc1onc(C(=O)NCC(C)(C)N)c1C. The van der Waals surface area contributed by atoms with Gasteiger partial charge in [-0.2, -0.15) is 0 Å². The van der Waals surface area contributed by atoms with Gasteiger partial charge in [0, 0.05) is 12.1 Å². The Morgan fingerprint density at radius 3 is 2.69 bits per heavy atom. The maximum Gasteiger partial charge on any atom is 0.314 e. The third-order valence-electron chi connectivity index (χ3n) is 1.99. The summed E-state index contributed by atoms with van der Waals surface area (Å²) < 4.78 is 9.72. The summed E-state index contributed by atoms with van der Waals surface area (Å²) in [6.07, 6.45) is 0. The van der Waals surface area contributed by atoms with Crippen LogP contribution >= 0.6 is 0 Å². The second kappa shape index (κ2) is 4.52. The Hall–Kier alpha value is -1.56. The van der Waals surface area contributed by atoms with Crippen LogP contribution in [0.3, 0.4) is 0 Å². The number of nitrogens with zero attached hydrogens (tertiary/aromatic N) is 1. The van der Waals surface area contributed by atoms with Crippen LogP contribution in [-0.2, 0) is 0 Å². The zero-order valence-corrected chi connectivity index (χ0v) is 9.96. The normalized spacial score (nSPS) is 11.3. The summed E-state index contributed by atoms with van der Waals surface area (Å²) in [4.78, 5) is 11.7. The molecule has 0 atom stereocenters. The van der Waals surface area contributed by atoms with Crippen LogP contribution in [0.4, 0.5) is 0 Å². The summed E-state index contributed by atoms with van der Waals surface area (Å²) in [5.41, 5.74) is 6.09. The fourth-order valence-electron chi connectivity index (χ4n) is 1.11. The molecule has 1 amide bonds. The van der Waals surface area contributed by atoms with Gasteiger partial charge in [0.05, 0.1) is 12.7 Å². The van der Waals surface area contributed by atoms with E-state index in [-0.39, 0.29) is 17.5 Å².